The second-order valence-electron chi connectivity index (χ2n) is 6.66. The molecular weight excluding hydrogens is 370 g/mol. The highest BCUT2D eigenvalue weighted by molar-refractivity contribution is 7.98. The summed E-state index contributed by atoms with van der Waals surface area (Å²) in [5, 5.41) is 10.2. The Morgan fingerprint density at radius 3 is 2.63 bits per heavy atom. The van der Waals surface area contributed by atoms with Gasteiger partial charge in [0.25, 0.3) is 5.91 Å². The fourth-order valence-corrected chi connectivity index (χ4v) is 2.61. The summed E-state index contributed by atoms with van der Waals surface area (Å²) in [6.45, 7) is 5.23. The van der Waals surface area contributed by atoms with Crippen LogP contribution in [-0.4, -0.2) is 50.6 Å². The number of nitrogens with one attached hydrogen (secondary N) is 2. The SMILES string of the molecule is CSCC[C@H](NC(=O)OC(C)(C)C)C(=O)N=Nc1[nH]c(N)c2nccnc12. The van der Waals surface area contributed by atoms with Gasteiger partial charge in [-0.15, -0.1) is 10.2 Å². The average molecular weight is 393 g/mol. The van der Waals surface area contributed by atoms with Crippen LogP contribution in [0.5, 0.6) is 0 Å². The first-order valence-electron chi connectivity index (χ1n) is 8.23. The summed E-state index contributed by atoms with van der Waals surface area (Å²) in [6, 6.07) is -0.847. The number of anilines is 1. The minimum absolute atomic E-state index is 0.227. The molecule has 2 heterocycles. The molecule has 2 aromatic heterocycles. The zero-order valence-corrected chi connectivity index (χ0v) is 16.5. The van der Waals surface area contributed by atoms with Crippen molar-refractivity contribution in [2.75, 3.05) is 17.7 Å². The van der Waals surface area contributed by atoms with E-state index in [4.69, 9.17) is 10.5 Å². The lowest BCUT2D eigenvalue weighted by Crippen LogP contribution is -2.43. The van der Waals surface area contributed by atoms with Crippen LogP contribution < -0.4 is 11.1 Å². The second-order valence-corrected chi connectivity index (χ2v) is 7.64. The normalized spacial score (nSPS) is 13.0. The van der Waals surface area contributed by atoms with Gasteiger partial charge in [0.15, 0.2) is 5.82 Å². The Hall–Kier alpha value is -2.69. The number of nitrogen functional groups attached to an aromatic ring is 1. The summed E-state index contributed by atoms with van der Waals surface area (Å²) in [5.74, 6) is 0.571. The third-order valence-electron chi connectivity index (χ3n) is 3.28. The van der Waals surface area contributed by atoms with E-state index in [2.05, 4.69) is 30.5 Å². The van der Waals surface area contributed by atoms with E-state index in [9.17, 15) is 9.59 Å². The summed E-state index contributed by atoms with van der Waals surface area (Å²) in [4.78, 5) is 35.4. The molecule has 11 heteroatoms. The van der Waals surface area contributed by atoms with Crippen LogP contribution in [0.4, 0.5) is 16.4 Å². The summed E-state index contributed by atoms with van der Waals surface area (Å²) in [6.07, 6.45) is 4.61. The Kier molecular flexibility index (Phi) is 6.72. The van der Waals surface area contributed by atoms with Gasteiger partial charge in [0, 0.05) is 12.4 Å². The number of carbonyl (C=O) groups excluding carboxylic acids is 2. The van der Waals surface area contributed by atoms with Gasteiger partial charge in [-0.3, -0.25) is 4.79 Å². The van der Waals surface area contributed by atoms with Gasteiger partial charge in [-0.2, -0.15) is 11.8 Å². The Balaban J connectivity index is 2.14. The van der Waals surface area contributed by atoms with E-state index in [0.717, 1.165) is 0 Å². The lowest BCUT2D eigenvalue weighted by Gasteiger charge is -2.22. The molecule has 0 aliphatic carbocycles. The molecule has 0 bridgehead atoms. The molecule has 2 amide bonds. The smallest absolute Gasteiger partial charge is 0.408 e. The predicted molar refractivity (Wildman–Crippen MR) is 104 cm³/mol. The van der Waals surface area contributed by atoms with Crippen molar-refractivity contribution in [1.82, 2.24) is 20.3 Å². The van der Waals surface area contributed by atoms with E-state index in [1.165, 1.54) is 12.4 Å². The Labute approximate surface area is 160 Å². The molecule has 0 aliphatic rings. The Morgan fingerprint density at radius 2 is 2.00 bits per heavy atom. The summed E-state index contributed by atoms with van der Waals surface area (Å²) < 4.78 is 5.20. The molecule has 0 spiro atoms. The van der Waals surface area contributed by atoms with Crippen LogP contribution in [0.15, 0.2) is 22.6 Å². The van der Waals surface area contributed by atoms with Crippen LogP contribution in [0.1, 0.15) is 27.2 Å². The second kappa shape index (κ2) is 8.80. The van der Waals surface area contributed by atoms with Gasteiger partial charge in [0.05, 0.1) is 0 Å². The van der Waals surface area contributed by atoms with E-state index in [1.807, 2.05) is 6.26 Å². The summed E-state index contributed by atoms with van der Waals surface area (Å²) in [5.41, 5.74) is 6.00. The zero-order chi connectivity index (χ0) is 20.0. The molecule has 1 atom stereocenters. The number of azo groups is 1. The van der Waals surface area contributed by atoms with Crippen molar-refractivity contribution in [3.8, 4) is 0 Å². The molecule has 0 saturated heterocycles. The lowest BCUT2D eigenvalue weighted by atomic mass is 10.2. The number of rotatable bonds is 6. The molecule has 4 N–H and O–H groups in total. The van der Waals surface area contributed by atoms with Gasteiger partial charge in [0.1, 0.15) is 28.5 Å². The van der Waals surface area contributed by atoms with Gasteiger partial charge in [-0.1, -0.05) is 0 Å². The first-order chi connectivity index (χ1) is 12.7. The quantitative estimate of drug-likeness (QED) is 0.639. The van der Waals surface area contributed by atoms with Crippen molar-refractivity contribution in [3.63, 3.8) is 0 Å². The lowest BCUT2D eigenvalue weighted by molar-refractivity contribution is -0.120. The highest BCUT2D eigenvalue weighted by Crippen LogP contribution is 2.26. The topological polar surface area (TPSA) is 148 Å². The fourth-order valence-electron chi connectivity index (χ4n) is 2.14. The zero-order valence-electron chi connectivity index (χ0n) is 15.6. The maximum absolute atomic E-state index is 12.4. The number of nitrogens with two attached hydrogens (primary N) is 1. The van der Waals surface area contributed by atoms with Crippen LogP contribution in [0.3, 0.4) is 0 Å². The monoisotopic (exact) mass is 393 g/mol. The van der Waals surface area contributed by atoms with Crippen LogP contribution in [0.2, 0.25) is 0 Å². The van der Waals surface area contributed by atoms with Crippen LogP contribution >= 0.6 is 11.8 Å². The first-order valence-corrected chi connectivity index (χ1v) is 9.63. The number of amides is 2. The first kappa shape index (κ1) is 20.6. The molecule has 0 aromatic carbocycles. The number of aromatic amines is 1. The molecule has 0 unspecified atom stereocenters. The number of aromatic nitrogens is 3. The molecule has 0 fully saturated rings. The van der Waals surface area contributed by atoms with Gasteiger partial charge in [0.2, 0.25) is 0 Å². The molecule has 0 aliphatic heterocycles. The maximum Gasteiger partial charge on any atom is 0.408 e. The standard InChI is InChI=1S/C16H23N7O3S/c1-16(2,3)26-15(25)20-9(5-8-27-4)14(24)23-22-13-11-10(12(17)21-13)18-6-7-19-11/h6-7,9,21H,5,8,17H2,1-4H3,(H,20,25)/t9-/m0/s1. The van der Waals surface area contributed by atoms with Crippen molar-refractivity contribution < 1.29 is 14.3 Å². The fraction of sp³-hybridized carbons (Fsp3) is 0.500. The summed E-state index contributed by atoms with van der Waals surface area (Å²) in [7, 11) is 0. The van der Waals surface area contributed by atoms with Crippen molar-refractivity contribution in [2.45, 2.75) is 38.8 Å². The van der Waals surface area contributed by atoms with Gasteiger partial charge >= 0.3 is 6.09 Å². The van der Waals surface area contributed by atoms with E-state index in [0.29, 0.717) is 23.2 Å². The number of H-pyrrole nitrogens is 1. The average Bonchev–Trinajstić information content (AvgIpc) is 2.91. The Morgan fingerprint density at radius 1 is 1.33 bits per heavy atom. The van der Waals surface area contributed by atoms with Crippen molar-refractivity contribution in [2.24, 2.45) is 10.2 Å². The van der Waals surface area contributed by atoms with Crippen LogP contribution in [0, 0.1) is 0 Å². The molecule has 0 saturated carbocycles. The van der Waals surface area contributed by atoms with E-state index >= 15 is 0 Å². The molecular formula is C16H23N7O3S. The molecule has 0 radical (unpaired) electrons. The van der Waals surface area contributed by atoms with Crippen molar-refractivity contribution in [3.05, 3.63) is 12.4 Å². The van der Waals surface area contributed by atoms with E-state index in [1.54, 1.807) is 32.5 Å². The number of hydrogen-bond donors (Lipinski definition) is 3. The van der Waals surface area contributed by atoms with Gasteiger partial charge in [-0.05, 0) is 39.2 Å². The molecule has 10 nitrogen and oxygen atoms in total. The molecule has 2 rings (SSSR count). The van der Waals surface area contributed by atoms with E-state index < -0.39 is 23.6 Å². The minimum Gasteiger partial charge on any atom is -0.444 e. The predicted octanol–water partition coefficient (Wildman–Crippen LogP) is 2.80. The third-order valence-corrected chi connectivity index (χ3v) is 3.92. The molecule has 27 heavy (non-hydrogen) atoms. The molecule has 146 valence electrons. The molecule has 2 aromatic rings. The van der Waals surface area contributed by atoms with Gasteiger partial charge < -0.3 is 20.8 Å². The summed E-state index contributed by atoms with van der Waals surface area (Å²) >= 11 is 1.55. The number of fused-ring (bicyclic) bond motifs is 1. The van der Waals surface area contributed by atoms with Crippen LogP contribution in [-0.2, 0) is 9.53 Å². The highest BCUT2D eigenvalue weighted by atomic mass is 32.2. The van der Waals surface area contributed by atoms with Crippen molar-refractivity contribution >= 4 is 46.4 Å². The number of thioether (sulfide) groups is 1. The minimum atomic E-state index is -0.847. The number of alkyl carbamates (subject to hydrolysis) is 1. The number of hydrogen-bond acceptors (Lipinski definition) is 8. The number of nitrogens with zero attached hydrogens (tertiary/aromatic N) is 4. The Bertz CT molecular complexity index is 844. The van der Waals surface area contributed by atoms with Gasteiger partial charge in [-0.25, -0.2) is 14.8 Å². The number of carbonyl (C=O) groups is 2. The largest absolute Gasteiger partial charge is 0.444 e. The highest BCUT2D eigenvalue weighted by Gasteiger charge is 2.24. The van der Waals surface area contributed by atoms with Crippen LogP contribution in [0.25, 0.3) is 11.0 Å². The number of ether oxygens (including phenoxy) is 1. The third kappa shape index (κ3) is 5.91. The van der Waals surface area contributed by atoms with E-state index in [-0.39, 0.29) is 11.6 Å². The maximum atomic E-state index is 12.4. The van der Waals surface area contributed by atoms with Crippen molar-refractivity contribution in [1.29, 1.82) is 0 Å².